The molecule has 0 N–H and O–H groups in total. The minimum absolute atomic E-state index is 1.23. The number of aromatic nitrogens is 2. The van der Waals surface area contributed by atoms with Gasteiger partial charge in [-0.3, -0.25) is 0 Å². The van der Waals surface area contributed by atoms with Crippen molar-refractivity contribution in [1.82, 2.24) is 4.57 Å². The molecule has 2 nitrogen and oxygen atoms in total. The first-order valence-electron chi connectivity index (χ1n) is 20.9. The lowest BCUT2D eigenvalue weighted by molar-refractivity contribution is -0.704. The molecule has 0 amide bonds. The molecule has 0 unspecified atom stereocenters. The van der Waals surface area contributed by atoms with Gasteiger partial charge in [0.2, 0.25) is 0 Å². The number of hydrogen-bond acceptors (Lipinski definition) is 0. The van der Waals surface area contributed by atoms with Gasteiger partial charge < -0.3 is 0 Å². The van der Waals surface area contributed by atoms with Gasteiger partial charge in [0.25, 0.3) is 5.82 Å². The Labute approximate surface area is 279 Å². The summed E-state index contributed by atoms with van der Waals surface area (Å²) in [6.45, 7) is 9.40. The first kappa shape index (κ1) is 41.2. The van der Waals surface area contributed by atoms with Gasteiger partial charge in [-0.15, -0.1) is 0 Å². The molecule has 0 bridgehead atoms. The van der Waals surface area contributed by atoms with Crippen LogP contribution in [0.4, 0.5) is 0 Å². The smallest absolute Gasteiger partial charge is 0.234 e. The van der Waals surface area contributed by atoms with Gasteiger partial charge in [0, 0.05) is 6.42 Å². The van der Waals surface area contributed by atoms with Crippen molar-refractivity contribution in [2.24, 2.45) is 0 Å². The maximum Gasteiger partial charge on any atom is 0.256 e. The van der Waals surface area contributed by atoms with Crippen LogP contribution in [0.3, 0.4) is 0 Å². The average molecular weight is 616 g/mol. The number of unbranched alkanes of at least 4 members (excludes halogenated alkanes) is 30. The number of aryl methyl sites for hydroxylation is 2. The normalized spacial score (nSPS) is 11.6. The summed E-state index contributed by atoms with van der Waals surface area (Å²) in [7, 11) is 0. The van der Waals surface area contributed by atoms with E-state index >= 15 is 0 Å². The Balaban J connectivity index is 2.23. The summed E-state index contributed by atoms with van der Waals surface area (Å²) in [6, 6.07) is 0. The molecule has 1 aromatic rings. The molecule has 0 aliphatic rings. The van der Waals surface area contributed by atoms with Crippen LogP contribution in [-0.4, -0.2) is 4.57 Å². The van der Waals surface area contributed by atoms with E-state index in [9.17, 15) is 0 Å². The van der Waals surface area contributed by atoms with Crippen molar-refractivity contribution >= 4 is 0 Å². The second kappa shape index (κ2) is 33.6. The molecule has 1 heterocycles. The molecule has 0 spiro atoms. The van der Waals surface area contributed by atoms with Gasteiger partial charge in [-0.2, -0.15) is 0 Å². The fourth-order valence-electron chi connectivity index (χ4n) is 7.03. The highest BCUT2D eigenvalue weighted by Crippen LogP contribution is 2.16. The topological polar surface area (TPSA) is 8.81 Å². The average Bonchev–Trinajstić information content (AvgIpc) is 3.42. The van der Waals surface area contributed by atoms with Crippen LogP contribution in [0, 0.1) is 0 Å². The van der Waals surface area contributed by atoms with Crippen LogP contribution < -0.4 is 4.57 Å². The van der Waals surface area contributed by atoms with Gasteiger partial charge in [0.05, 0.1) is 13.1 Å². The Morgan fingerprint density at radius 2 is 0.705 bits per heavy atom. The molecule has 0 saturated carbocycles. The second-order valence-electron chi connectivity index (χ2n) is 14.5. The monoisotopic (exact) mass is 616 g/mol. The lowest BCUT2D eigenvalue weighted by Crippen LogP contribution is -2.37. The Morgan fingerprint density at radius 1 is 0.386 bits per heavy atom. The van der Waals surface area contributed by atoms with Crippen LogP contribution in [0.5, 0.6) is 0 Å². The van der Waals surface area contributed by atoms with E-state index in [1.807, 2.05) is 0 Å². The summed E-state index contributed by atoms with van der Waals surface area (Å²) in [5, 5.41) is 0. The highest BCUT2D eigenvalue weighted by molar-refractivity contribution is 4.84. The van der Waals surface area contributed by atoms with Gasteiger partial charge >= 0.3 is 0 Å². The Bertz CT molecular complexity index is 677. The van der Waals surface area contributed by atoms with Crippen molar-refractivity contribution in [2.45, 2.75) is 252 Å². The molecule has 0 aliphatic heterocycles. The predicted octanol–water partition coefficient (Wildman–Crippen LogP) is 14.3. The molecule has 0 saturated heterocycles. The van der Waals surface area contributed by atoms with Gasteiger partial charge in [-0.25, -0.2) is 9.13 Å². The quantitative estimate of drug-likeness (QED) is 0.0524. The van der Waals surface area contributed by atoms with E-state index in [1.165, 1.54) is 231 Å². The molecule has 0 aromatic carbocycles. The Morgan fingerprint density at radius 3 is 1.09 bits per heavy atom. The molecular weight excluding hydrogens is 532 g/mol. The van der Waals surface area contributed by atoms with Crippen LogP contribution >= 0.6 is 0 Å². The lowest BCUT2D eigenvalue weighted by atomic mass is 10.0. The first-order chi connectivity index (χ1) is 21.8. The van der Waals surface area contributed by atoms with Crippen LogP contribution in [0.25, 0.3) is 0 Å². The molecule has 0 aliphatic carbocycles. The SMILES string of the molecule is CCCCCCCCCCCCCCCCCCc1n(CCCCCCCCCCCC)cc[n+]1CCCCCCCCC. The van der Waals surface area contributed by atoms with Crippen molar-refractivity contribution in [3.63, 3.8) is 0 Å². The van der Waals surface area contributed by atoms with Crippen molar-refractivity contribution in [3.8, 4) is 0 Å². The molecule has 2 heteroatoms. The van der Waals surface area contributed by atoms with Crippen molar-refractivity contribution in [1.29, 1.82) is 0 Å². The van der Waals surface area contributed by atoms with Crippen molar-refractivity contribution in [3.05, 3.63) is 18.2 Å². The van der Waals surface area contributed by atoms with E-state index in [2.05, 4.69) is 42.3 Å². The first-order valence-corrected chi connectivity index (χ1v) is 20.9. The largest absolute Gasteiger partial charge is 0.256 e. The summed E-state index contributed by atoms with van der Waals surface area (Å²) >= 11 is 0. The van der Waals surface area contributed by atoms with Crippen molar-refractivity contribution < 1.29 is 4.57 Å². The highest BCUT2D eigenvalue weighted by Gasteiger charge is 2.16. The van der Waals surface area contributed by atoms with E-state index in [1.54, 1.807) is 5.82 Å². The van der Waals surface area contributed by atoms with E-state index in [0.29, 0.717) is 0 Å². The third-order valence-corrected chi connectivity index (χ3v) is 10.1. The van der Waals surface area contributed by atoms with Crippen LogP contribution in [0.1, 0.15) is 238 Å². The van der Waals surface area contributed by atoms with Gasteiger partial charge in [-0.1, -0.05) is 201 Å². The second-order valence-corrected chi connectivity index (χ2v) is 14.5. The van der Waals surface area contributed by atoms with E-state index in [0.717, 1.165) is 0 Å². The standard InChI is InChI=1S/C42H83N2/c1-4-7-10-13-16-18-20-21-22-23-24-25-26-28-31-34-37-42-43(38-35-32-29-15-12-9-6-3)40-41-44(42)39-36-33-30-27-19-17-14-11-8-5-2/h40-41H,4-39H2,1-3H3/q+1. The van der Waals surface area contributed by atoms with Gasteiger partial charge in [0.15, 0.2) is 0 Å². The fraction of sp³-hybridized carbons (Fsp3) is 0.929. The fourth-order valence-corrected chi connectivity index (χ4v) is 7.03. The van der Waals surface area contributed by atoms with E-state index in [4.69, 9.17) is 0 Å². The molecule has 260 valence electrons. The number of rotatable bonds is 36. The zero-order chi connectivity index (χ0) is 31.6. The maximum absolute atomic E-state index is 2.64. The van der Waals surface area contributed by atoms with Gasteiger partial charge in [0.1, 0.15) is 12.4 Å². The lowest BCUT2D eigenvalue weighted by Gasteiger charge is -2.07. The minimum Gasteiger partial charge on any atom is -0.234 e. The minimum atomic E-state index is 1.23. The van der Waals surface area contributed by atoms with E-state index < -0.39 is 0 Å². The zero-order valence-electron chi connectivity index (χ0n) is 31.0. The van der Waals surface area contributed by atoms with Crippen molar-refractivity contribution in [2.75, 3.05) is 0 Å². The molecule has 44 heavy (non-hydrogen) atoms. The number of imidazole rings is 1. The summed E-state index contributed by atoms with van der Waals surface area (Å²) in [5.41, 5.74) is 0. The zero-order valence-corrected chi connectivity index (χ0v) is 31.0. The summed E-state index contributed by atoms with van der Waals surface area (Å²) in [5.74, 6) is 1.62. The van der Waals surface area contributed by atoms with Crippen LogP contribution in [0.2, 0.25) is 0 Å². The van der Waals surface area contributed by atoms with E-state index in [-0.39, 0.29) is 0 Å². The highest BCUT2D eigenvalue weighted by atomic mass is 15.1. The molecule has 0 fully saturated rings. The molecule has 1 aromatic heterocycles. The molecule has 0 radical (unpaired) electrons. The summed E-state index contributed by atoms with van der Waals surface area (Å²) < 4.78 is 5.27. The molecular formula is C42H83N2+. The third kappa shape index (κ3) is 25.4. The van der Waals surface area contributed by atoms with Crippen LogP contribution in [0.15, 0.2) is 12.4 Å². The molecule has 0 atom stereocenters. The number of nitrogens with zero attached hydrogens (tertiary/aromatic N) is 2. The Hall–Kier alpha value is -0.790. The number of hydrogen-bond donors (Lipinski definition) is 0. The van der Waals surface area contributed by atoms with Crippen LogP contribution in [-0.2, 0) is 19.5 Å². The maximum atomic E-state index is 2.64. The van der Waals surface area contributed by atoms with Gasteiger partial charge in [-0.05, 0) is 32.1 Å². The third-order valence-electron chi connectivity index (χ3n) is 10.1. The summed E-state index contributed by atoms with van der Waals surface area (Å²) in [6.07, 6.45) is 53.4. The summed E-state index contributed by atoms with van der Waals surface area (Å²) in [4.78, 5) is 0. The Kier molecular flexibility index (Phi) is 31.5. The predicted molar refractivity (Wildman–Crippen MR) is 198 cm³/mol. The molecule has 1 rings (SSSR count).